The molecule has 0 radical (unpaired) electrons. The Morgan fingerprint density at radius 2 is 0.831 bits per heavy atom. The number of hydrogen-bond donors (Lipinski definition) is 0. The van der Waals surface area contributed by atoms with E-state index < -0.39 is 0 Å². The van der Waals surface area contributed by atoms with Crippen molar-refractivity contribution in [1.29, 1.82) is 0 Å². The van der Waals surface area contributed by atoms with Gasteiger partial charge in [-0.25, -0.2) is 0 Å². The van der Waals surface area contributed by atoms with Crippen molar-refractivity contribution < 1.29 is 4.42 Å². The van der Waals surface area contributed by atoms with Crippen LogP contribution >= 0.6 is 0 Å². The highest BCUT2D eigenvalue weighted by molar-refractivity contribution is 6.10. The second-order valence-electron chi connectivity index (χ2n) is 15.0. The number of para-hydroxylation sites is 4. The minimum Gasteiger partial charge on any atom is -0.455 e. The average Bonchev–Trinajstić information content (AvgIpc) is 3.86. The van der Waals surface area contributed by atoms with Crippen LogP contribution in [0.15, 0.2) is 223 Å². The molecule has 0 fully saturated rings. The van der Waals surface area contributed by atoms with Gasteiger partial charge in [-0.1, -0.05) is 158 Å². The molecule has 0 aliphatic heterocycles. The Labute approximate surface area is 343 Å². The molecule has 0 unspecified atom stereocenters. The zero-order valence-electron chi connectivity index (χ0n) is 32.3. The second-order valence-corrected chi connectivity index (χ2v) is 15.0. The van der Waals surface area contributed by atoms with E-state index in [-0.39, 0.29) is 0 Å². The third-order valence-electron chi connectivity index (χ3n) is 11.6. The molecule has 278 valence electrons. The second kappa shape index (κ2) is 14.3. The smallest absolute Gasteiger partial charge is 0.143 e. The molecule has 2 aromatic heterocycles. The Bertz CT molecular complexity index is 3240. The van der Waals surface area contributed by atoms with Crippen molar-refractivity contribution in [2.75, 3.05) is 4.90 Å². The van der Waals surface area contributed by atoms with Crippen molar-refractivity contribution in [2.24, 2.45) is 0 Å². The Hall–Kier alpha value is -7.88. The van der Waals surface area contributed by atoms with Gasteiger partial charge >= 0.3 is 0 Å². The number of furan rings is 1. The van der Waals surface area contributed by atoms with Crippen LogP contribution in [0.5, 0.6) is 0 Å². The molecule has 0 aliphatic carbocycles. The van der Waals surface area contributed by atoms with Gasteiger partial charge in [0, 0.05) is 49.9 Å². The predicted molar refractivity (Wildman–Crippen MR) is 249 cm³/mol. The van der Waals surface area contributed by atoms with Crippen LogP contribution in [0.4, 0.5) is 17.1 Å². The van der Waals surface area contributed by atoms with Crippen LogP contribution in [-0.4, -0.2) is 4.57 Å². The number of benzene rings is 9. The summed E-state index contributed by atoms with van der Waals surface area (Å²) < 4.78 is 8.78. The Morgan fingerprint density at radius 3 is 1.39 bits per heavy atom. The maximum Gasteiger partial charge on any atom is 0.143 e. The summed E-state index contributed by atoms with van der Waals surface area (Å²) in [6.45, 7) is 3.88. The molecule has 9 aromatic carbocycles. The number of nitrogens with zero attached hydrogens (tertiary/aromatic N) is 2. The normalized spacial score (nSPS) is 11.5. The van der Waals surface area contributed by atoms with Gasteiger partial charge in [0.2, 0.25) is 0 Å². The molecule has 0 bridgehead atoms. The summed E-state index contributed by atoms with van der Waals surface area (Å²) in [4.78, 5) is 2.33. The molecule has 0 aliphatic rings. The van der Waals surface area contributed by atoms with Crippen LogP contribution in [-0.2, 0) is 0 Å². The van der Waals surface area contributed by atoms with E-state index in [4.69, 9.17) is 4.42 Å². The van der Waals surface area contributed by atoms with E-state index in [1.807, 2.05) is 18.2 Å². The number of fused-ring (bicyclic) bond motifs is 6. The fourth-order valence-corrected chi connectivity index (χ4v) is 8.63. The predicted octanol–water partition coefficient (Wildman–Crippen LogP) is 15.8. The fraction of sp³-hybridized carbons (Fsp3) is 0. The molecule has 0 amide bonds. The van der Waals surface area contributed by atoms with E-state index in [2.05, 4.69) is 216 Å². The molecule has 11 aromatic rings. The molecule has 2 heterocycles. The first-order chi connectivity index (χ1) is 29.2. The van der Waals surface area contributed by atoms with E-state index in [0.717, 1.165) is 61.4 Å². The molecule has 0 saturated heterocycles. The molecule has 0 spiro atoms. The van der Waals surface area contributed by atoms with Crippen LogP contribution in [0.2, 0.25) is 0 Å². The zero-order valence-corrected chi connectivity index (χ0v) is 32.3. The lowest BCUT2D eigenvalue weighted by Gasteiger charge is -2.26. The van der Waals surface area contributed by atoms with E-state index >= 15 is 0 Å². The highest BCUT2D eigenvalue weighted by Gasteiger charge is 2.17. The maximum absolute atomic E-state index is 6.42. The van der Waals surface area contributed by atoms with Crippen LogP contribution in [0.25, 0.3) is 88.9 Å². The molecular formula is C56H38N2O. The quantitative estimate of drug-likeness (QED) is 0.154. The summed E-state index contributed by atoms with van der Waals surface area (Å²) in [6.07, 6.45) is 1.87. The first kappa shape index (κ1) is 34.4. The average molecular weight is 755 g/mol. The molecule has 0 N–H and O–H groups in total. The van der Waals surface area contributed by atoms with E-state index in [0.29, 0.717) is 0 Å². The van der Waals surface area contributed by atoms with Crippen molar-refractivity contribution in [1.82, 2.24) is 4.57 Å². The fourth-order valence-electron chi connectivity index (χ4n) is 8.63. The first-order valence-corrected chi connectivity index (χ1v) is 20.0. The largest absolute Gasteiger partial charge is 0.455 e. The number of aromatic nitrogens is 1. The van der Waals surface area contributed by atoms with Crippen LogP contribution < -0.4 is 4.90 Å². The van der Waals surface area contributed by atoms with Gasteiger partial charge in [0.25, 0.3) is 0 Å². The Kier molecular flexibility index (Phi) is 8.30. The molecule has 3 nitrogen and oxygen atoms in total. The van der Waals surface area contributed by atoms with Crippen LogP contribution in [0, 0.1) is 0 Å². The SMILES string of the molecule is C=Cc1ccc(-c2ccc(-c3ccc(N(c4ccc(-c5cccc6c5oc5ccccc56)cc4)c4ccc(-n5c6ccccc6c6ccccc65)cc4)cc3)cc2)cc1. The minimum atomic E-state index is 0.903. The molecular weight excluding hydrogens is 717 g/mol. The van der Waals surface area contributed by atoms with Gasteiger partial charge in [-0.05, 0) is 100 Å². The van der Waals surface area contributed by atoms with Crippen molar-refractivity contribution in [3.8, 4) is 39.1 Å². The summed E-state index contributed by atoms with van der Waals surface area (Å²) in [5, 5.41) is 4.77. The summed E-state index contributed by atoms with van der Waals surface area (Å²) in [5.41, 5.74) is 16.6. The molecule has 0 saturated carbocycles. The molecule has 3 heteroatoms. The third kappa shape index (κ3) is 6.00. The lowest BCUT2D eigenvalue weighted by Crippen LogP contribution is -2.10. The van der Waals surface area contributed by atoms with Gasteiger partial charge in [-0.2, -0.15) is 0 Å². The standard InChI is InChI=1S/C56H38N2O/c1-2-38-18-20-39(21-19-38)40-22-24-41(25-23-40)42-26-30-44(31-27-42)57(45-32-28-43(29-33-45)48-13-9-14-52-51-12-5-8-17-55(51)59-56(48)52)46-34-36-47(37-35-46)58-53-15-6-3-10-49(53)50-11-4-7-16-54(50)58/h2-37H,1H2. The Balaban J connectivity index is 0.971. The molecule has 11 rings (SSSR count). The van der Waals surface area contributed by atoms with Crippen LogP contribution in [0.3, 0.4) is 0 Å². The summed E-state index contributed by atoms with van der Waals surface area (Å²) in [5.74, 6) is 0. The van der Waals surface area contributed by atoms with Crippen LogP contribution in [0.1, 0.15) is 5.56 Å². The highest BCUT2D eigenvalue weighted by Crippen LogP contribution is 2.40. The van der Waals surface area contributed by atoms with Gasteiger partial charge < -0.3 is 13.9 Å². The van der Waals surface area contributed by atoms with Crippen molar-refractivity contribution in [3.63, 3.8) is 0 Å². The lowest BCUT2D eigenvalue weighted by atomic mass is 9.99. The zero-order chi connectivity index (χ0) is 39.3. The van der Waals surface area contributed by atoms with Crippen molar-refractivity contribution >= 4 is 66.9 Å². The van der Waals surface area contributed by atoms with Gasteiger partial charge in [-0.3, -0.25) is 0 Å². The van der Waals surface area contributed by atoms with Gasteiger partial charge in [0.1, 0.15) is 11.2 Å². The van der Waals surface area contributed by atoms with Gasteiger partial charge in [-0.15, -0.1) is 0 Å². The van der Waals surface area contributed by atoms with Gasteiger partial charge in [0.05, 0.1) is 11.0 Å². The van der Waals surface area contributed by atoms with Crippen molar-refractivity contribution in [3.05, 3.63) is 224 Å². The van der Waals surface area contributed by atoms with E-state index in [1.54, 1.807) is 0 Å². The molecule has 59 heavy (non-hydrogen) atoms. The first-order valence-electron chi connectivity index (χ1n) is 20.0. The number of anilines is 3. The van der Waals surface area contributed by atoms with Crippen molar-refractivity contribution in [2.45, 2.75) is 0 Å². The topological polar surface area (TPSA) is 21.3 Å². The Morgan fingerprint density at radius 1 is 0.390 bits per heavy atom. The molecule has 0 atom stereocenters. The summed E-state index contributed by atoms with van der Waals surface area (Å²) in [6, 6.07) is 76.0. The lowest BCUT2D eigenvalue weighted by molar-refractivity contribution is 0.670. The maximum atomic E-state index is 6.42. The van der Waals surface area contributed by atoms with Gasteiger partial charge in [0.15, 0.2) is 0 Å². The van der Waals surface area contributed by atoms with E-state index in [1.165, 1.54) is 44.1 Å². The summed E-state index contributed by atoms with van der Waals surface area (Å²) in [7, 11) is 0. The third-order valence-corrected chi connectivity index (χ3v) is 11.6. The highest BCUT2D eigenvalue weighted by atomic mass is 16.3. The monoisotopic (exact) mass is 754 g/mol. The van der Waals surface area contributed by atoms with E-state index in [9.17, 15) is 0 Å². The number of hydrogen-bond acceptors (Lipinski definition) is 2. The summed E-state index contributed by atoms with van der Waals surface area (Å²) >= 11 is 0. The minimum absolute atomic E-state index is 0.903. The number of rotatable bonds is 8.